The minimum Gasteiger partial charge on any atom is -0.618 e. The van der Waals surface area contributed by atoms with Gasteiger partial charge in [0.15, 0.2) is 11.5 Å². The van der Waals surface area contributed by atoms with E-state index in [2.05, 4.69) is 0 Å². The molecule has 0 saturated heterocycles. The van der Waals surface area contributed by atoms with Gasteiger partial charge >= 0.3 is 0 Å². The van der Waals surface area contributed by atoms with E-state index >= 15 is 0 Å². The van der Waals surface area contributed by atoms with Crippen LogP contribution < -0.4 is 9.47 Å². The largest absolute Gasteiger partial charge is 0.618 e. The van der Waals surface area contributed by atoms with Crippen molar-refractivity contribution in [1.82, 2.24) is 0 Å². The Kier molecular flexibility index (Phi) is 3.56. The van der Waals surface area contributed by atoms with Gasteiger partial charge in [-0.25, -0.2) is 0 Å². The fourth-order valence-electron chi connectivity index (χ4n) is 2.72. The van der Waals surface area contributed by atoms with Crippen molar-refractivity contribution in [3.05, 3.63) is 57.8 Å². The number of aryl methyl sites for hydroxylation is 2. The van der Waals surface area contributed by atoms with Gasteiger partial charge in [-0.05, 0) is 49.2 Å². The highest BCUT2D eigenvalue weighted by Gasteiger charge is 2.37. The molecule has 23 heavy (non-hydrogen) atoms. The van der Waals surface area contributed by atoms with E-state index < -0.39 is 0 Å². The molecule has 0 aromatic heterocycles. The van der Waals surface area contributed by atoms with Gasteiger partial charge in [-0.1, -0.05) is 0 Å². The Labute approximate surface area is 134 Å². The van der Waals surface area contributed by atoms with Gasteiger partial charge in [0, 0.05) is 6.07 Å². The van der Waals surface area contributed by atoms with Crippen LogP contribution in [0.5, 0.6) is 11.5 Å². The van der Waals surface area contributed by atoms with Crippen LogP contribution >= 0.6 is 0 Å². The Morgan fingerprint density at radius 3 is 2.26 bits per heavy atom. The second-order valence-corrected chi connectivity index (χ2v) is 5.50. The van der Waals surface area contributed by atoms with E-state index in [-0.39, 0.29) is 11.5 Å². The summed E-state index contributed by atoms with van der Waals surface area (Å²) in [5, 5.41) is 12.6. The summed E-state index contributed by atoms with van der Waals surface area (Å²) < 4.78 is 11.1. The molecule has 1 aliphatic heterocycles. The number of ether oxygens (including phenoxy) is 2. The first-order valence-corrected chi connectivity index (χ1v) is 7.20. The molecule has 1 heterocycles. The predicted molar refractivity (Wildman–Crippen MR) is 87.2 cm³/mol. The van der Waals surface area contributed by atoms with E-state index in [1.165, 1.54) is 14.2 Å². The van der Waals surface area contributed by atoms with Gasteiger partial charge in [-0.3, -0.25) is 4.79 Å². The summed E-state index contributed by atoms with van der Waals surface area (Å²) >= 11 is 0. The number of carbonyl (C=O) groups excluding carboxylic acids is 1. The van der Waals surface area contributed by atoms with Gasteiger partial charge < -0.3 is 14.7 Å². The molecule has 0 N–H and O–H groups in total. The number of nitrogens with zero attached hydrogens (tertiary/aromatic N) is 1. The molecular weight excluding hydrogens is 294 g/mol. The topological polar surface area (TPSA) is 61.6 Å². The van der Waals surface area contributed by atoms with E-state index in [1.54, 1.807) is 30.3 Å². The van der Waals surface area contributed by atoms with Crippen molar-refractivity contribution in [2.24, 2.45) is 0 Å². The summed E-state index contributed by atoms with van der Waals surface area (Å²) in [4.78, 5) is 12.7. The molecule has 5 heteroatoms. The molecule has 0 amide bonds. The molecule has 2 aromatic rings. The predicted octanol–water partition coefficient (Wildman–Crippen LogP) is 3.15. The lowest BCUT2D eigenvalue weighted by atomic mass is 9.99. The van der Waals surface area contributed by atoms with E-state index in [9.17, 15) is 10.0 Å². The Hall–Kier alpha value is -2.82. The van der Waals surface area contributed by atoms with Crippen LogP contribution in [0, 0.1) is 19.1 Å². The minimum atomic E-state index is -0.273. The number of hydrogen-bond donors (Lipinski definition) is 0. The summed E-state index contributed by atoms with van der Waals surface area (Å²) in [6, 6.07) is 8.53. The van der Waals surface area contributed by atoms with E-state index in [4.69, 9.17) is 9.47 Å². The van der Waals surface area contributed by atoms with Gasteiger partial charge in [0.2, 0.25) is 5.69 Å². The zero-order valence-electron chi connectivity index (χ0n) is 13.5. The molecule has 0 bridgehead atoms. The Morgan fingerprint density at radius 2 is 1.61 bits per heavy atom. The maximum Gasteiger partial charge on any atom is 0.273 e. The third-order valence-corrected chi connectivity index (χ3v) is 4.15. The first-order chi connectivity index (χ1) is 11.0. The summed E-state index contributed by atoms with van der Waals surface area (Å²) in [6.45, 7) is 3.84. The van der Waals surface area contributed by atoms with Crippen LogP contribution in [0.4, 0.5) is 5.69 Å². The van der Waals surface area contributed by atoms with Crippen LogP contribution in [-0.2, 0) is 0 Å². The summed E-state index contributed by atoms with van der Waals surface area (Å²) in [6.07, 6.45) is 0. The highest BCUT2D eigenvalue weighted by atomic mass is 16.5. The van der Waals surface area contributed by atoms with Gasteiger partial charge in [0.1, 0.15) is 5.56 Å². The van der Waals surface area contributed by atoms with Crippen molar-refractivity contribution >= 4 is 17.2 Å². The fourth-order valence-corrected chi connectivity index (χ4v) is 2.72. The molecule has 118 valence electrons. The molecule has 1 aliphatic rings. The monoisotopic (exact) mass is 311 g/mol. The van der Waals surface area contributed by atoms with E-state index in [1.807, 2.05) is 13.8 Å². The highest BCUT2D eigenvalue weighted by molar-refractivity contribution is 6.52. The molecule has 2 aromatic carbocycles. The van der Waals surface area contributed by atoms with E-state index in [0.717, 1.165) is 11.1 Å². The number of methoxy groups -OCH3 is 2. The van der Waals surface area contributed by atoms with Crippen LogP contribution in [0.25, 0.3) is 0 Å². The molecule has 3 rings (SSSR count). The zero-order chi connectivity index (χ0) is 16.7. The van der Waals surface area contributed by atoms with Crippen molar-refractivity contribution in [2.45, 2.75) is 13.8 Å². The summed E-state index contributed by atoms with van der Waals surface area (Å²) in [5.74, 6) is 0.747. The molecule has 0 aliphatic carbocycles. The lowest BCUT2D eigenvalue weighted by molar-refractivity contribution is -0.355. The Balaban J connectivity index is 2.16. The molecule has 0 fully saturated rings. The molecule has 0 atom stereocenters. The van der Waals surface area contributed by atoms with Crippen LogP contribution in [0.3, 0.4) is 0 Å². The lowest BCUT2D eigenvalue weighted by Crippen LogP contribution is -2.16. The molecule has 0 unspecified atom stereocenters. The maximum atomic E-state index is 12.7. The first-order valence-electron chi connectivity index (χ1n) is 7.20. The first kappa shape index (κ1) is 15.1. The SMILES string of the molecule is COc1ccc(C2=[N+]([O-])c3cc(C)c(C)cc3C2=O)cc1OC. The van der Waals surface area contributed by atoms with Crippen LogP contribution in [-0.4, -0.2) is 30.5 Å². The van der Waals surface area contributed by atoms with Crippen molar-refractivity contribution in [3.8, 4) is 11.5 Å². The quantitative estimate of drug-likeness (QED) is 0.645. The van der Waals surface area contributed by atoms with Gasteiger partial charge in [0.25, 0.3) is 11.5 Å². The van der Waals surface area contributed by atoms with Crippen LogP contribution in [0.1, 0.15) is 27.0 Å². The van der Waals surface area contributed by atoms with Crippen molar-refractivity contribution in [2.75, 3.05) is 14.2 Å². The average molecular weight is 311 g/mol. The number of Topliss-reactive ketones (excluding diaryl/α,β-unsaturated/α-hetero) is 1. The second kappa shape index (κ2) is 5.43. The van der Waals surface area contributed by atoms with Gasteiger partial charge in [-0.2, -0.15) is 4.74 Å². The van der Waals surface area contributed by atoms with Crippen molar-refractivity contribution in [3.63, 3.8) is 0 Å². The number of hydrogen-bond acceptors (Lipinski definition) is 4. The number of ketones is 1. The van der Waals surface area contributed by atoms with E-state index in [0.29, 0.717) is 33.1 Å². The summed E-state index contributed by atoms with van der Waals surface area (Å²) in [5.41, 5.74) is 3.40. The third kappa shape index (κ3) is 2.25. The minimum absolute atomic E-state index is 0.103. The number of benzene rings is 2. The van der Waals surface area contributed by atoms with Crippen LogP contribution in [0.15, 0.2) is 30.3 Å². The second-order valence-electron chi connectivity index (χ2n) is 5.50. The standard InChI is InChI=1S/C18H17NO4/c1-10-7-13-14(8-11(10)2)19(21)17(18(13)20)12-5-6-15(22-3)16(9-12)23-4/h5-9H,1-4H3. The lowest BCUT2D eigenvalue weighted by Gasteiger charge is -2.08. The maximum absolute atomic E-state index is 12.7. The molecule has 0 radical (unpaired) electrons. The third-order valence-electron chi connectivity index (χ3n) is 4.15. The van der Waals surface area contributed by atoms with Crippen molar-refractivity contribution < 1.29 is 19.0 Å². The number of rotatable bonds is 3. The van der Waals surface area contributed by atoms with Gasteiger partial charge in [0.05, 0.1) is 19.8 Å². The van der Waals surface area contributed by atoms with Gasteiger partial charge in [-0.15, -0.1) is 0 Å². The smallest absolute Gasteiger partial charge is 0.273 e. The molecule has 0 spiro atoms. The van der Waals surface area contributed by atoms with Crippen molar-refractivity contribution in [1.29, 1.82) is 0 Å². The highest BCUT2D eigenvalue weighted by Crippen LogP contribution is 2.33. The molecule has 5 nitrogen and oxygen atoms in total. The molecule has 0 saturated carbocycles. The fraction of sp³-hybridized carbons (Fsp3) is 0.222. The summed E-state index contributed by atoms with van der Waals surface area (Å²) in [7, 11) is 3.05. The molecular formula is C18H17NO4. The average Bonchev–Trinajstić information content (AvgIpc) is 2.78. The normalized spacial score (nSPS) is 13.3. The number of fused-ring (bicyclic) bond motifs is 1. The van der Waals surface area contributed by atoms with Crippen LogP contribution in [0.2, 0.25) is 0 Å². The Morgan fingerprint density at radius 1 is 0.957 bits per heavy atom. The Bertz CT molecular complexity index is 852. The number of carbonyl (C=O) groups is 1. The zero-order valence-corrected chi connectivity index (χ0v) is 13.5.